The van der Waals surface area contributed by atoms with Crippen molar-refractivity contribution < 1.29 is 4.92 Å². The third kappa shape index (κ3) is 3.82. The minimum Gasteiger partial charge on any atom is -0.370 e. The number of hydrogen-bond acceptors (Lipinski definition) is 5. The Kier molecular flexibility index (Phi) is 4.21. The van der Waals surface area contributed by atoms with Crippen LogP contribution in [0.2, 0.25) is 5.15 Å². The minimum absolute atomic E-state index is 0.356. The van der Waals surface area contributed by atoms with Gasteiger partial charge in [0, 0.05) is 25.8 Å². The van der Waals surface area contributed by atoms with E-state index in [1.807, 2.05) is 11.0 Å². The van der Waals surface area contributed by atoms with E-state index in [9.17, 15) is 10.1 Å². The van der Waals surface area contributed by atoms with E-state index in [0.717, 1.165) is 24.6 Å². The second-order valence-corrected chi connectivity index (χ2v) is 4.79. The average molecular weight is 283 g/mol. The third-order valence-electron chi connectivity index (χ3n) is 2.92. The summed E-state index contributed by atoms with van der Waals surface area (Å²) in [5.74, 6) is 0.516. The molecule has 19 heavy (non-hydrogen) atoms. The molecule has 0 spiro atoms. The van der Waals surface area contributed by atoms with Gasteiger partial charge in [0.15, 0.2) is 5.82 Å². The number of pyridine rings is 1. The molecule has 102 valence electrons. The molecule has 0 bridgehead atoms. The van der Waals surface area contributed by atoms with Crippen LogP contribution in [0.1, 0.15) is 18.4 Å². The SMILES string of the molecule is CN/C(=C\[N+](=O)[O-])N(Cc1ccc(Cl)nc1)C1CC1. The first-order valence-electron chi connectivity index (χ1n) is 6.00. The van der Waals surface area contributed by atoms with Crippen LogP contribution in [0.5, 0.6) is 0 Å². The molecule has 0 radical (unpaired) electrons. The fourth-order valence-electron chi connectivity index (χ4n) is 1.88. The molecule has 1 heterocycles. The van der Waals surface area contributed by atoms with Gasteiger partial charge in [0.1, 0.15) is 5.15 Å². The monoisotopic (exact) mass is 282 g/mol. The van der Waals surface area contributed by atoms with Crippen LogP contribution in [-0.4, -0.2) is 27.9 Å². The molecule has 6 nitrogen and oxygen atoms in total. The van der Waals surface area contributed by atoms with Crippen molar-refractivity contribution in [2.45, 2.75) is 25.4 Å². The highest BCUT2D eigenvalue weighted by Crippen LogP contribution is 2.30. The van der Waals surface area contributed by atoms with Crippen LogP contribution >= 0.6 is 11.6 Å². The Labute approximate surface area is 116 Å². The maximum atomic E-state index is 10.6. The third-order valence-corrected chi connectivity index (χ3v) is 3.15. The molecular formula is C12H15ClN4O2. The quantitative estimate of drug-likeness (QED) is 0.491. The summed E-state index contributed by atoms with van der Waals surface area (Å²) in [5.41, 5.74) is 0.973. The van der Waals surface area contributed by atoms with E-state index in [1.54, 1.807) is 19.3 Å². The maximum Gasteiger partial charge on any atom is 0.274 e. The molecule has 1 aliphatic rings. The van der Waals surface area contributed by atoms with Crippen molar-refractivity contribution in [3.8, 4) is 0 Å². The second-order valence-electron chi connectivity index (χ2n) is 4.40. The number of nitro groups is 1. The van der Waals surface area contributed by atoms with Crippen molar-refractivity contribution in [2.75, 3.05) is 7.05 Å². The normalized spacial score (nSPS) is 15.2. The molecule has 0 unspecified atom stereocenters. The highest BCUT2D eigenvalue weighted by atomic mass is 35.5. The first-order chi connectivity index (χ1) is 9.10. The molecule has 0 aromatic carbocycles. The molecule has 0 aliphatic heterocycles. The van der Waals surface area contributed by atoms with Gasteiger partial charge in [0.05, 0.1) is 4.92 Å². The molecule has 2 rings (SSSR count). The standard InChI is InChI=1S/C12H15ClN4O2/c1-14-12(8-17(18)19)16(10-3-4-10)7-9-2-5-11(13)15-6-9/h2,5-6,8,10,14H,3-4,7H2,1H3/b12-8+. The molecule has 1 aromatic rings. The van der Waals surface area contributed by atoms with Crippen molar-refractivity contribution in [1.29, 1.82) is 0 Å². The summed E-state index contributed by atoms with van der Waals surface area (Å²) in [4.78, 5) is 16.2. The molecule has 0 atom stereocenters. The Morgan fingerprint density at radius 2 is 2.42 bits per heavy atom. The van der Waals surface area contributed by atoms with E-state index in [0.29, 0.717) is 23.6 Å². The maximum absolute atomic E-state index is 10.6. The molecule has 0 saturated heterocycles. The molecule has 7 heteroatoms. The summed E-state index contributed by atoms with van der Waals surface area (Å²) in [6, 6.07) is 3.96. The van der Waals surface area contributed by atoms with Crippen molar-refractivity contribution in [1.82, 2.24) is 15.2 Å². The molecule has 1 saturated carbocycles. The fraction of sp³-hybridized carbons (Fsp3) is 0.417. The predicted molar refractivity (Wildman–Crippen MR) is 71.9 cm³/mol. The van der Waals surface area contributed by atoms with E-state index >= 15 is 0 Å². The van der Waals surface area contributed by atoms with Crippen molar-refractivity contribution in [2.24, 2.45) is 0 Å². The highest BCUT2D eigenvalue weighted by molar-refractivity contribution is 6.29. The zero-order valence-corrected chi connectivity index (χ0v) is 11.3. The van der Waals surface area contributed by atoms with Gasteiger partial charge < -0.3 is 10.2 Å². The van der Waals surface area contributed by atoms with Crippen molar-refractivity contribution in [3.63, 3.8) is 0 Å². The Morgan fingerprint density at radius 3 is 2.89 bits per heavy atom. The largest absolute Gasteiger partial charge is 0.370 e. The molecular weight excluding hydrogens is 268 g/mol. The zero-order valence-electron chi connectivity index (χ0n) is 10.5. The van der Waals surface area contributed by atoms with Crippen molar-refractivity contribution in [3.05, 3.63) is 51.2 Å². The van der Waals surface area contributed by atoms with E-state index < -0.39 is 4.92 Å². The van der Waals surface area contributed by atoms with Gasteiger partial charge in [0.25, 0.3) is 6.20 Å². The van der Waals surface area contributed by atoms with Crippen LogP contribution in [0, 0.1) is 10.1 Å². The Balaban J connectivity index is 2.16. The predicted octanol–water partition coefficient (Wildman–Crippen LogP) is 1.99. The summed E-state index contributed by atoms with van der Waals surface area (Å²) >= 11 is 5.74. The lowest BCUT2D eigenvalue weighted by atomic mass is 10.2. The molecule has 1 fully saturated rings. The summed E-state index contributed by atoms with van der Waals surface area (Å²) in [5, 5.41) is 14.0. The average Bonchev–Trinajstić information content (AvgIpc) is 3.19. The van der Waals surface area contributed by atoms with Crippen LogP contribution in [-0.2, 0) is 6.54 Å². The Hall–Kier alpha value is -1.82. The summed E-state index contributed by atoms with van der Waals surface area (Å²) < 4.78 is 0. The van der Waals surface area contributed by atoms with Crippen LogP contribution in [0.25, 0.3) is 0 Å². The van der Waals surface area contributed by atoms with Gasteiger partial charge in [-0.2, -0.15) is 0 Å². The van der Waals surface area contributed by atoms with E-state index in [4.69, 9.17) is 11.6 Å². The van der Waals surface area contributed by atoms with E-state index in [2.05, 4.69) is 10.3 Å². The first-order valence-corrected chi connectivity index (χ1v) is 6.38. The van der Waals surface area contributed by atoms with Gasteiger partial charge in [-0.25, -0.2) is 4.98 Å². The minimum atomic E-state index is -0.443. The summed E-state index contributed by atoms with van der Waals surface area (Å²) in [7, 11) is 1.69. The second kappa shape index (κ2) is 5.88. The van der Waals surface area contributed by atoms with Gasteiger partial charge in [0.2, 0.25) is 0 Å². The van der Waals surface area contributed by atoms with Crippen LogP contribution < -0.4 is 5.32 Å². The highest BCUT2D eigenvalue weighted by Gasteiger charge is 2.31. The van der Waals surface area contributed by atoms with Crippen LogP contribution in [0.15, 0.2) is 30.4 Å². The van der Waals surface area contributed by atoms with E-state index in [-0.39, 0.29) is 0 Å². The van der Waals surface area contributed by atoms with Gasteiger partial charge in [-0.3, -0.25) is 10.1 Å². The number of nitrogens with one attached hydrogen (secondary N) is 1. The Morgan fingerprint density at radius 1 is 1.68 bits per heavy atom. The molecule has 0 amide bonds. The molecule has 1 aromatic heterocycles. The fourth-order valence-corrected chi connectivity index (χ4v) is 1.99. The van der Waals surface area contributed by atoms with E-state index in [1.165, 1.54) is 0 Å². The topological polar surface area (TPSA) is 71.3 Å². The molecule has 1 N–H and O–H groups in total. The van der Waals surface area contributed by atoms with Crippen LogP contribution in [0.3, 0.4) is 0 Å². The smallest absolute Gasteiger partial charge is 0.274 e. The number of halogens is 1. The number of rotatable bonds is 6. The summed E-state index contributed by atoms with van der Waals surface area (Å²) in [6.07, 6.45) is 4.80. The number of hydrogen-bond donors (Lipinski definition) is 1. The lowest BCUT2D eigenvalue weighted by Gasteiger charge is -2.25. The van der Waals surface area contributed by atoms with Gasteiger partial charge in [-0.05, 0) is 24.5 Å². The lowest BCUT2D eigenvalue weighted by Crippen LogP contribution is -2.32. The number of aromatic nitrogens is 1. The number of nitrogens with zero attached hydrogens (tertiary/aromatic N) is 3. The van der Waals surface area contributed by atoms with Gasteiger partial charge in [-0.15, -0.1) is 0 Å². The molecule has 1 aliphatic carbocycles. The Bertz CT molecular complexity index is 485. The van der Waals surface area contributed by atoms with Crippen LogP contribution in [0.4, 0.5) is 0 Å². The first kappa shape index (κ1) is 13.6. The lowest BCUT2D eigenvalue weighted by molar-refractivity contribution is -0.404. The zero-order chi connectivity index (χ0) is 13.8. The van der Waals surface area contributed by atoms with Gasteiger partial charge in [-0.1, -0.05) is 17.7 Å². The van der Waals surface area contributed by atoms with Gasteiger partial charge >= 0.3 is 0 Å². The summed E-state index contributed by atoms with van der Waals surface area (Å²) in [6.45, 7) is 0.579. The van der Waals surface area contributed by atoms with Crippen molar-refractivity contribution >= 4 is 11.6 Å².